The number of benzene rings is 1. The van der Waals surface area contributed by atoms with Gasteiger partial charge in [-0.2, -0.15) is 0 Å². The highest BCUT2D eigenvalue weighted by Gasteiger charge is 2.31. The van der Waals surface area contributed by atoms with E-state index in [2.05, 4.69) is 25.6 Å². The van der Waals surface area contributed by atoms with Crippen LogP contribution in [0.15, 0.2) is 20.9 Å². The largest absolute Gasteiger partial charge is 0.494 e. The van der Waals surface area contributed by atoms with Crippen LogP contribution in [-0.2, 0) is 10.0 Å². The van der Waals surface area contributed by atoms with E-state index in [0.717, 1.165) is 11.9 Å². The maximum Gasteiger partial charge on any atom is 0.231 e. The molecule has 0 aliphatic carbocycles. The predicted octanol–water partition coefficient (Wildman–Crippen LogP) is 4.24. The number of nitrogens with zero attached hydrogens (tertiary/aromatic N) is 2. The summed E-state index contributed by atoms with van der Waals surface area (Å²) in [4.78, 5) is 6.79. The van der Waals surface area contributed by atoms with Crippen LogP contribution in [0.5, 0.6) is 11.5 Å². The molecule has 1 aromatic heterocycles. The average molecular weight is 515 g/mol. The molecule has 1 N–H and O–H groups in total. The van der Waals surface area contributed by atoms with Gasteiger partial charge in [-0.1, -0.05) is 23.2 Å². The van der Waals surface area contributed by atoms with Crippen LogP contribution < -0.4 is 19.1 Å². The van der Waals surface area contributed by atoms with Crippen molar-refractivity contribution in [1.29, 1.82) is 0 Å². The second-order valence-corrected chi connectivity index (χ2v) is 9.66. The van der Waals surface area contributed by atoms with Crippen LogP contribution in [0.3, 0.4) is 0 Å². The maximum absolute atomic E-state index is 11.6. The summed E-state index contributed by atoms with van der Waals surface area (Å²) >= 11 is 17.9. The Morgan fingerprint density at radius 2 is 1.85 bits per heavy atom. The molecule has 3 rings (SSSR count). The van der Waals surface area contributed by atoms with Crippen LogP contribution in [0.4, 0.5) is 11.4 Å². The summed E-state index contributed by atoms with van der Waals surface area (Å²) in [6, 6.07) is 1.84. The number of aliphatic imine (C=N–C) groups is 1. The van der Waals surface area contributed by atoms with Crippen molar-refractivity contribution in [2.45, 2.75) is 0 Å². The van der Waals surface area contributed by atoms with Gasteiger partial charge < -0.3 is 14.4 Å². The quantitative estimate of drug-likeness (QED) is 0.660. The van der Waals surface area contributed by atoms with Gasteiger partial charge in [-0.05, 0) is 27.4 Å². The first-order valence-corrected chi connectivity index (χ1v) is 11.7. The van der Waals surface area contributed by atoms with Gasteiger partial charge in [0.15, 0.2) is 17.3 Å². The number of hydrogen-bond acceptors (Lipinski definition) is 7. The van der Waals surface area contributed by atoms with E-state index >= 15 is 0 Å². The first kappa shape index (κ1) is 20.5. The Balaban J connectivity index is 2.18. The SMILES string of the molecule is COc1c(Cl)c(N2CN=C(NS(C)(=O)=O)c3sccc32)c(Cl)c(OC)c1Br. The highest BCUT2D eigenvalue weighted by atomic mass is 79.9. The van der Waals surface area contributed by atoms with Crippen LogP contribution in [-0.4, -0.2) is 41.4 Å². The van der Waals surface area contributed by atoms with Crippen molar-refractivity contribution in [3.8, 4) is 11.5 Å². The summed E-state index contributed by atoms with van der Waals surface area (Å²) in [7, 11) is -0.485. The van der Waals surface area contributed by atoms with Crippen molar-refractivity contribution in [2.24, 2.45) is 4.99 Å². The summed E-state index contributed by atoms with van der Waals surface area (Å²) in [5.74, 6) is 1.02. The lowest BCUT2D eigenvalue weighted by Crippen LogP contribution is -2.35. The number of rotatable bonds is 4. The van der Waals surface area contributed by atoms with E-state index in [4.69, 9.17) is 32.7 Å². The highest BCUT2D eigenvalue weighted by molar-refractivity contribution is 9.10. The number of amidine groups is 1. The molecular formula is C15H14BrCl2N3O4S2. The van der Waals surface area contributed by atoms with Crippen molar-refractivity contribution in [3.63, 3.8) is 0 Å². The monoisotopic (exact) mass is 513 g/mol. The van der Waals surface area contributed by atoms with Gasteiger partial charge in [0.2, 0.25) is 10.0 Å². The van der Waals surface area contributed by atoms with Gasteiger partial charge in [0.1, 0.15) is 21.2 Å². The summed E-state index contributed by atoms with van der Waals surface area (Å²) in [6.45, 7) is 0.106. The zero-order chi connectivity index (χ0) is 19.9. The molecule has 1 aliphatic heterocycles. The summed E-state index contributed by atoms with van der Waals surface area (Å²) in [5, 5.41) is 2.39. The number of fused-ring (bicyclic) bond motifs is 1. The number of thiophene rings is 1. The second kappa shape index (κ2) is 7.67. The second-order valence-electron chi connectivity index (χ2n) is 5.44. The van der Waals surface area contributed by atoms with Crippen LogP contribution in [0.2, 0.25) is 10.0 Å². The van der Waals surface area contributed by atoms with E-state index in [-0.39, 0.29) is 22.5 Å². The summed E-state index contributed by atoms with van der Waals surface area (Å²) in [5.41, 5.74) is 1.17. The van der Waals surface area contributed by atoms with Crippen molar-refractivity contribution < 1.29 is 17.9 Å². The van der Waals surface area contributed by atoms with E-state index in [1.54, 1.807) is 4.90 Å². The molecule has 0 bridgehead atoms. The van der Waals surface area contributed by atoms with E-state index in [1.165, 1.54) is 25.6 Å². The van der Waals surface area contributed by atoms with E-state index in [0.29, 0.717) is 26.5 Å². The van der Waals surface area contributed by atoms with E-state index in [1.807, 2.05) is 11.4 Å². The van der Waals surface area contributed by atoms with Crippen molar-refractivity contribution in [1.82, 2.24) is 4.72 Å². The lowest BCUT2D eigenvalue weighted by molar-refractivity contribution is 0.390. The number of halogens is 3. The third-order valence-corrected chi connectivity index (χ3v) is 6.59. The van der Waals surface area contributed by atoms with Gasteiger partial charge in [0.05, 0.1) is 36.7 Å². The fourth-order valence-electron chi connectivity index (χ4n) is 2.63. The molecule has 0 fully saturated rings. The number of nitrogens with one attached hydrogen (secondary N) is 1. The molecule has 0 spiro atoms. The number of sulfonamides is 1. The first-order valence-electron chi connectivity index (χ1n) is 7.35. The highest BCUT2D eigenvalue weighted by Crippen LogP contribution is 2.54. The zero-order valence-corrected chi connectivity index (χ0v) is 19.1. The molecule has 12 heteroatoms. The Morgan fingerprint density at radius 3 is 2.37 bits per heavy atom. The molecule has 27 heavy (non-hydrogen) atoms. The minimum absolute atomic E-state index is 0.106. The van der Waals surface area contributed by atoms with Crippen molar-refractivity contribution in [3.05, 3.63) is 30.8 Å². The van der Waals surface area contributed by atoms with E-state index in [9.17, 15) is 8.42 Å². The van der Waals surface area contributed by atoms with Gasteiger partial charge >= 0.3 is 0 Å². The molecular weight excluding hydrogens is 501 g/mol. The lowest BCUT2D eigenvalue weighted by Gasteiger charge is -2.30. The average Bonchev–Trinajstić information content (AvgIpc) is 3.06. The van der Waals surface area contributed by atoms with E-state index < -0.39 is 10.0 Å². The molecule has 0 saturated heterocycles. The third-order valence-electron chi connectivity index (χ3n) is 3.69. The Bertz CT molecular complexity index is 1010. The molecule has 0 amide bonds. The number of hydrogen-bond donors (Lipinski definition) is 1. The first-order chi connectivity index (χ1) is 12.7. The number of ether oxygens (including phenoxy) is 2. The van der Waals surface area contributed by atoms with Gasteiger partial charge in [-0.3, -0.25) is 4.72 Å². The smallest absolute Gasteiger partial charge is 0.231 e. The molecule has 7 nitrogen and oxygen atoms in total. The Kier molecular flexibility index (Phi) is 5.83. The fraction of sp³-hybridized carbons (Fsp3) is 0.267. The van der Waals surface area contributed by atoms with Gasteiger partial charge in [0.25, 0.3) is 0 Å². The van der Waals surface area contributed by atoms with Crippen molar-refractivity contribution >= 4 is 77.7 Å². The maximum atomic E-state index is 11.6. The zero-order valence-electron chi connectivity index (χ0n) is 14.3. The van der Waals surface area contributed by atoms with Crippen molar-refractivity contribution in [2.75, 3.05) is 32.0 Å². The molecule has 0 unspecified atom stereocenters. The molecule has 146 valence electrons. The standard InChI is InChI=1S/C15H14BrCl2N3O4S2/c1-24-12-8(16)13(25-2)10(18)11(9(12)17)21-6-19-15(20-27(3,22)23)14-7(21)4-5-26-14/h4-5H,6H2,1-3H3,(H,19,20). The molecule has 0 atom stereocenters. The van der Waals surface area contributed by atoms with Crippen LogP contribution in [0.1, 0.15) is 4.88 Å². The summed E-state index contributed by atoms with van der Waals surface area (Å²) in [6.07, 6.45) is 1.08. The predicted molar refractivity (Wildman–Crippen MR) is 113 cm³/mol. The normalized spacial score (nSPS) is 13.9. The lowest BCUT2D eigenvalue weighted by atomic mass is 10.2. The Labute approximate surface area is 179 Å². The van der Waals surface area contributed by atoms with Crippen LogP contribution >= 0.6 is 50.5 Å². The number of anilines is 2. The Hall–Kier alpha value is -1.20. The van der Waals surface area contributed by atoms with Gasteiger partial charge in [0, 0.05) is 0 Å². The minimum Gasteiger partial charge on any atom is -0.494 e. The van der Waals surface area contributed by atoms with Gasteiger partial charge in [-0.25, -0.2) is 13.4 Å². The number of methoxy groups -OCH3 is 2. The molecule has 0 radical (unpaired) electrons. The molecule has 2 aromatic rings. The Morgan fingerprint density at radius 1 is 1.26 bits per heavy atom. The molecule has 1 aliphatic rings. The summed E-state index contributed by atoms with van der Waals surface area (Å²) < 4.78 is 36.9. The van der Waals surface area contributed by atoms with Crippen LogP contribution in [0, 0.1) is 0 Å². The molecule has 2 heterocycles. The molecule has 0 saturated carbocycles. The van der Waals surface area contributed by atoms with Crippen LogP contribution in [0.25, 0.3) is 0 Å². The topological polar surface area (TPSA) is 80.2 Å². The fourth-order valence-corrected chi connectivity index (χ4v) is 5.80. The van der Waals surface area contributed by atoms with Gasteiger partial charge in [-0.15, -0.1) is 11.3 Å². The molecule has 1 aromatic carbocycles. The minimum atomic E-state index is -3.46. The third kappa shape index (κ3) is 3.73.